The van der Waals surface area contributed by atoms with Crippen LogP contribution in [-0.4, -0.2) is 35.3 Å². The van der Waals surface area contributed by atoms with Crippen LogP contribution in [0.5, 0.6) is 0 Å². The third kappa shape index (κ3) is 3.36. The highest BCUT2D eigenvalue weighted by atomic mass is 79.9. The van der Waals surface area contributed by atoms with Crippen molar-refractivity contribution in [1.29, 1.82) is 0 Å². The van der Waals surface area contributed by atoms with E-state index < -0.39 is 0 Å². The smallest absolute Gasteiger partial charge is 0.0632 e. The molecule has 0 atom stereocenters. The lowest BCUT2D eigenvalue weighted by Gasteiger charge is -2.08. The molecule has 0 saturated carbocycles. The predicted octanol–water partition coefficient (Wildman–Crippen LogP) is 1.60. The van der Waals surface area contributed by atoms with Gasteiger partial charge in [-0.05, 0) is 43.0 Å². The summed E-state index contributed by atoms with van der Waals surface area (Å²) in [6.07, 6.45) is 4.95. The largest absolute Gasteiger partial charge is 0.309 e. The van der Waals surface area contributed by atoms with Gasteiger partial charge in [0, 0.05) is 12.7 Å². The van der Waals surface area contributed by atoms with E-state index in [4.69, 9.17) is 0 Å². The third-order valence-electron chi connectivity index (χ3n) is 1.59. The molecule has 1 aromatic heterocycles. The number of hydrogen-bond donors (Lipinski definition) is 0. The standard InChI is InChI=1S/C8H14BrN3/c1-11(2)4-3-5-12-7-8(9)6-10-12/h6-7H,3-5H2,1-2H3. The first-order valence-electron chi connectivity index (χ1n) is 4.01. The first-order chi connectivity index (χ1) is 5.68. The zero-order chi connectivity index (χ0) is 8.97. The minimum atomic E-state index is 0.990. The van der Waals surface area contributed by atoms with E-state index in [2.05, 4.69) is 40.0 Å². The lowest BCUT2D eigenvalue weighted by atomic mass is 10.4. The molecule has 1 rings (SSSR count). The Morgan fingerprint density at radius 1 is 1.58 bits per heavy atom. The summed E-state index contributed by atoms with van der Waals surface area (Å²) in [5.41, 5.74) is 0. The monoisotopic (exact) mass is 231 g/mol. The second kappa shape index (κ2) is 4.62. The minimum absolute atomic E-state index is 0.990. The average molecular weight is 232 g/mol. The van der Waals surface area contributed by atoms with Crippen LogP contribution in [-0.2, 0) is 6.54 Å². The highest BCUT2D eigenvalue weighted by Crippen LogP contribution is 2.06. The maximum Gasteiger partial charge on any atom is 0.0632 e. The van der Waals surface area contributed by atoms with E-state index >= 15 is 0 Å². The Labute approximate surface area is 81.5 Å². The molecule has 0 spiro atoms. The van der Waals surface area contributed by atoms with E-state index in [1.807, 2.05) is 17.1 Å². The van der Waals surface area contributed by atoms with Gasteiger partial charge in [0.1, 0.15) is 0 Å². The topological polar surface area (TPSA) is 21.1 Å². The van der Waals surface area contributed by atoms with Crippen molar-refractivity contribution in [2.24, 2.45) is 0 Å². The molecule has 68 valence electrons. The summed E-state index contributed by atoms with van der Waals surface area (Å²) in [6, 6.07) is 0. The first-order valence-corrected chi connectivity index (χ1v) is 4.80. The van der Waals surface area contributed by atoms with Crippen molar-refractivity contribution in [2.45, 2.75) is 13.0 Å². The van der Waals surface area contributed by atoms with Gasteiger partial charge in [0.2, 0.25) is 0 Å². The van der Waals surface area contributed by atoms with Gasteiger partial charge in [0.15, 0.2) is 0 Å². The molecule has 0 bridgehead atoms. The van der Waals surface area contributed by atoms with Crippen molar-refractivity contribution in [2.75, 3.05) is 20.6 Å². The van der Waals surface area contributed by atoms with Crippen molar-refractivity contribution in [3.8, 4) is 0 Å². The summed E-state index contributed by atoms with van der Waals surface area (Å²) in [4.78, 5) is 2.18. The molecular weight excluding hydrogens is 218 g/mol. The molecule has 0 saturated heterocycles. The summed E-state index contributed by atoms with van der Waals surface area (Å²) >= 11 is 3.36. The molecule has 4 heteroatoms. The van der Waals surface area contributed by atoms with Gasteiger partial charge in [-0.2, -0.15) is 5.10 Å². The summed E-state index contributed by atoms with van der Waals surface area (Å²) in [7, 11) is 4.16. The lowest BCUT2D eigenvalue weighted by Crippen LogP contribution is -2.15. The van der Waals surface area contributed by atoms with E-state index in [9.17, 15) is 0 Å². The van der Waals surface area contributed by atoms with Crippen molar-refractivity contribution in [3.63, 3.8) is 0 Å². The summed E-state index contributed by atoms with van der Waals surface area (Å²) in [6.45, 7) is 2.10. The maximum absolute atomic E-state index is 4.16. The molecule has 1 aromatic rings. The van der Waals surface area contributed by atoms with Gasteiger partial charge in [0.25, 0.3) is 0 Å². The summed E-state index contributed by atoms with van der Waals surface area (Å²) in [5, 5.41) is 4.16. The van der Waals surface area contributed by atoms with Crippen LogP contribution >= 0.6 is 15.9 Å². The molecular formula is C8H14BrN3. The predicted molar refractivity (Wildman–Crippen MR) is 53.1 cm³/mol. The fraction of sp³-hybridized carbons (Fsp3) is 0.625. The summed E-state index contributed by atoms with van der Waals surface area (Å²) < 4.78 is 3.00. The van der Waals surface area contributed by atoms with Crippen molar-refractivity contribution < 1.29 is 0 Å². The fourth-order valence-electron chi connectivity index (χ4n) is 1.01. The third-order valence-corrected chi connectivity index (χ3v) is 2.00. The van der Waals surface area contributed by atoms with E-state index in [1.165, 1.54) is 0 Å². The lowest BCUT2D eigenvalue weighted by molar-refractivity contribution is 0.380. The molecule has 0 aliphatic rings. The van der Waals surface area contributed by atoms with E-state index in [1.54, 1.807) is 0 Å². The van der Waals surface area contributed by atoms with E-state index in [0.29, 0.717) is 0 Å². The number of hydrogen-bond acceptors (Lipinski definition) is 2. The second-order valence-corrected chi connectivity index (χ2v) is 3.99. The van der Waals surface area contributed by atoms with Gasteiger partial charge < -0.3 is 4.90 Å². The van der Waals surface area contributed by atoms with Crippen LogP contribution in [0.3, 0.4) is 0 Å². The fourth-order valence-corrected chi connectivity index (χ4v) is 1.34. The Bertz CT molecular complexity index is 232. The quantitative estimate of drug-likeness (QED) is 0.786. The van der Waals surface area contributed by atoms with E-state index in [0.717, 1.165) is 24.0 Å². The molecule has 0 fully saturated rings. The molecule has 0 aliphatic heterocycles. The van der Waals surface area contributed by atoms with Gasteiger partial charge >= 0.3 is 0 Å². The number of nitrogens with zero attached hydrogens (tertiary/aromatic N) is 3. The summed E-state index contributed by atoms with van der Waals surface area (Å²) in [5.74, 6) is 0. The van der Waals surface area contributed by atoms with Crippen LogP contribution < -0.4 is 0 Å². The molecule has 0 amide bonds. The molecule has 0 N–H and O–H groups in total. The Morgan fingerprint density at radius 2 is 2.33 bits per heavy atom. The normalized spacial score (nSPS) is 11.0. The Hall–Kier alpha value is -0.350. The molecule has 1 heterocycles. The van der Waals surface area contributed by atoms with Crippen LogP contribution in [0.1, 0.15) is 6.42 Å². The Kier molecular flexibility index (Phi) is 3.75. The van der Waals surface area contributed by atoms with E-state index in [-0.39, 0.29) is 0 Å². The van der Waals surface area contributed by atoms with Gasteiger partial charge in [-0.3, -0.25) is 4.68 Å². The van der Waals surface area contributed by atoms with Crippen molar-refractivity contribution in [3.05, 3.63) is 16.9 Å². The highest BCUT2D eigenvalue weighted by molar-refractivity contribution is 9.10. The SMILES string of the molecule is CN(C)CCCn1cc(Br)cn1. The second-order valence-electron chi connectivity index (χ2n) is 3.08. The van der Waals surface area contributed by atoms with Crippen molar-refractivity contribution >= 4 is 15.9 Å². The molecule has 0 radical (unpaired) electrons. The van der Waals surface area contributed by atoms with Gasteiger partial charge in [-0.25, -0.2) is 0 Å². The molecule has 12 heavy (non-hydrogen) atoms. The van der Waals surface area contributed by atoms with Crippen LogP contribution in [0.25, 0.3) is 0 Å². The van der Waals surface area contributed by atoms with Crippen LogP contribution in [0.4, 0.5) is 0 Å². The number of aromatic nitrogens is 2. The Morgan fingerprint density at radius 3 is 2.83 bits per heavy atom. The highest BCUT2D eigenvalue weighted by Gasteiger charge is 1.95. The average Bonchev–Trinajstić information content (AvgIpc) is 2.35. The molecule has 0 aromatic carbocycles. The Balaban J connectivity index is 2.24. The molecule has 0 unspecified atom stereocenters. The van der Waals surface area contributed by atoms with Crippen LogP contribution in [0.2, 0.25) is 0 Å². The van der Waals surface area contributed by atoms with Gasteiger partial charge in [0.05, 0.1) is 10.7 Å². The van der Waals surface area contributed by atoms with Gasteiger partial charge in [-0.1, -0.05) is 0 Å². The zero-order valence-electron chi connectivity index (χ0n) is 7.50. The molecule has 0 aliphatic carbocycles. The molecule has 3 nitrogen and oxygen atoms in total. The number of halogens is 1. The minimum Gasteiger partial charge on any atom is -0.309 e. The number of rotatable bonds is 4. The zero-order valence-corrected chi connectivity index (χ0v) is 9.08. The first kappa shape index (κ1) is 9.74. The van der Waals surface area contributed by atoms with Crippen LogP contribution in [0, 0.1) is 0 Å². The van der Waals surface area contributed by atoms with Crippen molar-refractivity contribution in [1.82, 2.24) is 14.7 Å². The maximum atomic E-state index is 4.16. The van der Waals surface area contributed by atoms with Crippen LogP contribution in [0.15, 0.2) is 16.9 Å². The number of aryl methyl sites for hydroxylation is 1. The van der Waals surface area contributed by atoms with Gasteiger partial charge in [-0.15, -0.1) is 0 Å².